The number of allylic oxidation sites excluding steroid dienone is 3. The third-order valence-corrected chi connectivity index (χ3v) is 15.5. The molecule has 19 heteroatoms. The summed E-state index contributed by atoms with van der Waals surface area (Å²) in [6.07, 6.45) is 5.76. The summed E-state index contributed by atoms with van der Waals surface area (Å²) in [5, 5.41) is 17.4. The number of likely N-dealkylation sites (N-methyl/N-ethyl adjacent to an activating group) is 1. The number of aliphatic hydroxyl groups is 1. The van der Waals surface area contributed by atoms with Crippen LogP contribution >= 0.6 is 11.6 Å². The fourth-order valence-corrected chi connectivity index (χ4v) is 10.5. The van der Waals surface area contributed by atoms with Gasteiger partial charge in [-0.1, -0.05) is 75.4 Å². The van der Waals surface area contributed by atoms with E-state index in [0.29, 0.717) is 49.4 Å². The molecule has 2 aromatic rings. The van der Waals surface area contributed by atoms with Crippen LogP contribution in [0.3, 0.4) is 0 Å². The number of esters is 1. The van der Waals surface area contributed by atoms with Gasteiger partial charge in [0.1, 0.15) is 40.7 Å². The van der Waals surface area contributed by atoms with Crippen LogP contribution in [-0.4, -0.2) is 133 Å². The van der Waals surface area contributed by atoms with Crippen molar-refractivity contribution < 1.29 is 62.4 Å². The lowest BCUT2D eigenvalue weighted by Gasteiger charge is -2.42. The Balaban J connectivity index is 1.11. The van der Waals surface area contributed by atoms with Crippen LogP contribution in [-0.2, 0) is 49.3 Å². The van der Waals surface area contributed by atoms with E-state index in [4.69, 9.17) is 35.3 Å². The number of nitrogens with one attached hydrogen (secondary N) is 2. The molecule has 3 fully saturated rings. The van der Waals surface area contributed by atoms with Gasteiger partial charge in [-0.15, -0.1) is 0 Å². The molecule has 6 amide bonds. The molecule has 2 unspecified atom stereocenters. The standard InChI is InChI=1S/C55H74ClN5O13/c1-11-12-18-33(3)39-29-47(64)61(51(39)66)25-15-13-14-20-45(62)57-38-23-21-37(22-24-38)50(65)59(7)35(5)52(67)73-44-30-46(63)60(8)40-27-36(28-41(70-9)48(40)56)26-32(2)17-16-19-43(71-10)55(69)31-42(72-53(68)58-55)34(4)49-54(44,6)74-49/h16-17,19,21-24,27-28,33-35,39,42-44,49,69H,11-15,18,20,25-26,29-31H2,1-10H3,(H,57,62)(H,58,68)/b19-16+,32-17+/t33?,34-,35+,39?,42+,43-,44+,49+,54+,55+/m1/s1. The van der Waals surface area contributed by atoms with Crippen LogP contribution in [0.2, 0.25) is 5.02 Å². The van der Waals surface area contributed by atoms with E-state index < -0.39 is 71.6 Å². The molecule has 4 bridgehead atoms. The van der Waals surface area contributed by atoms with Crippen molar-refractivity contribution in [1.82, 2.24) is 15.1 Å². The molecule has 0 radical (unpaired) electrons. The van der Waals surface area contributed by atoms with Crippen LogP contribution in [0.15, 0.2) is 60.2 Å². The number of benzene rings is 2. The molecule has 10 atom stereocenters. The van der Waals surface area contributed by atoms with E-state index in [9.17, 15) is 38.7 Å². The molecule has 0 aliphatic carbocycles. The molecule has 74 heavy (non-hydrogen) atoms. The molecule has 3 saturated heterocycles. The van der Waals surface area contributed by atoms with Gasteiger partial charge in [0.25, 0.3) is 5.91 Å². The molecule has 3 N–H and O–H groups in total. The number of unbranched alkanes of at least 4 members (excludes halogenated alkanes) is 3. The van der Waals surface area contributed by atoms with Gasteiger partial charge in [-0.25, -0.2) is 9.59 Å². The van der Waals surface area contributed by atoms with Crippen LogP contribution in [0, 0.1) is 17.8 Å². The normalized spacial score (nSPS) is 28.2. The molecule has 4 heterocycles. The molecule has 0 aromatic heterocycles. The van der Waals surface area contributed by atoms with E-state index in [2.05, 4.69) is 17.6 Å². The van der Waals surface area contributed by atoms with Gasteiger partial charge < -0.3 is 43.9 Å². The number of likely N-dealkylation sites (tertiary alicyclic amines) is 1. The monoisotopic (exact) mass is 1050 g/mol. The Morgan fingerprint density at radius 1 is 1.03 bits per heavy atom. The number of hydrogen-bond donors (Lipinski definition) is 3. The van der Waals surface area contributed by atoms with Crippen LogP contribution < -0.4 is 20.3 Å². The summed E-state index contributed by atoms with van der Waals surface area (Å²) in [7, 11) is 5.89. The number of ether oxygens (including phenoxy) is 5. The summed E-state index contributed by atoms with van der Waals surface area (Å²) < 4.78 is 29.5. The molecule has 0 saturated carbocycles. The van der Waals surface area contributed by atoms with Crippen molar-refractivity contribution in [1.29, 1.82) is 0 Å². The van der Waals surface area contributed by atoms with E-state index in [1.807, 2.05) is 19.9 Å². The number of amides is 6. The van der Waals surface area contributed by atoms with Crippen molar-refractivity contribution in [2.45, 2.75) is 154 Å². The first-order chi connectivity index (χ1) is 35.0. The highest BCUT2D eigenvalue weighted by Gasteiger charge is 2.64. The lowest BCUT2D eigenvalue weighted by Crippen LogP contribution is -2.63. The van der Waals surface area contributed by atoms with Gasteiger partial charge in [0, 0.05) is 70.1 Å². The Morgan fingerprint density at radius 2 is 1.74 bits per heavy atom. The third kappa shape index (κ3) is 13.3. The van der Waals surface area contributed by atoms with Crippen LogP contribution in [0.25, 0.3) is 0 Å². The van der Waals surface area contributed by atoms with Crippen LogP contribution in [0.5, 0.6) is 5.75 Å². The average Bonchev–Trinajstić information content (AvgIpc) is 3.98. The molecular weight excluding hydrogens is 974 g/mol. The van der Waals surface area contributed by atoms with Gasteiger partial charge in [0.05, 0.1) is 25.3 Å². The minimum atomic E-state index is -1.88. The van der Waals surface area contributed by atoms with Crippen LogP contribution in [0.4, 0.5) is 16.2 Å². The minimum absolute atomic E-state index is 0.0847. The summed E-state index contributed by atoms with van der Waals surface area (Å²) in [5.41, 5.74) is -0.455. The smallest absolute Gasteiger partial charge is 0.409 e. The lowest BCUT2D eigenvalue weighted by molar-refractivity contribution is -0.158. The lowest BCUT2D eigenvalue weighted by atomic mass is 9.83. The maximum atomic E-state index is 14.4. The Labute approximate surface area is 439 Å². The first-order valence-electron chi connectivity index (χ1n) is 25.7. The Kier molecular flexibility index (Phi) is 19.2. The summed E-state index contributed by atoms with van der Waals surface area (Å²) in [6.45, 7) is 11.4. The average molecular weight is 1050 g/mol. The summed E-state index contributed by atoms with van der Waals surface area (Å²) in [4.78, 5) is 97.8. The fourth-order valence-electron chi connectivity index (χ4n) is 10.1. The third-order valence-electron chi connectivity index (χ3n) is 15.1. The fraction of sp³-hybridized carbons (Fsp3) is 0.582. The minimum Gasteiger partial charge on any atom is -0.495 e. The van der Waals surface area contributed by atoms with E-state index in [1.54, 1.807) is 57.3 Å². The molecule has 4 aliphatic rings. The quantitative estimate of drug-likeness (QED) is 0.0604. The predicted octanol–water partition coefficient (Wildman–Crippen LogP) is 7.53. The molecule has 4 aliphatic heterocycles. The number of hydrogen-bond acceptors (Lipinski definition) is 13. The summed E-state index contributed by atoms with van der Waals surface area (Å²) >= 11 is 6.83. The number of imide groups is 1. The van der Waals surface area contributed by atoms with E-state index in [-0.39, 0.29) is 65.8 Å². The Hall–Kier alpha value is -5.82. The first kappa shape index (κ1) is 57.5. The van der Waals surface area contributed by atoms with Crippen LogP contribution in [0.1, 0.15) is 122 Å². The summed E-state index contributed by atoms with van der Waals surface area (Å²) in [6, 6.07) is 8.63. The van der Waals surface area contributed by atoms with Crippen molar-refractivity contribution in [2.75, 3.05) is 45.1 Å². The van der Waals surface area contributed by atoms with E-state index in [1.165, 1.54) is 55.0 Å². The highest BCUT2D eigenvalue weighted by atomic mass is 35.5. The molecule has 0 spiro atoms. The first-order valence-corrected chi connectivity index (χ1v) is 26.0. The number of methoxy groups -OCH3 is 2. The maximum Gasteiger partial charge on any atom is 0.409 e. The topological polar surface area (TPSA) is 223 Å². The zero-order valence-electron chi connectivity index (χ0n) is 44.4. The molecule has 6 rings (SSSR count). The number of alkyl carbamates (subject to hydrolysis) is 1. The second-order valence-corrected chi connectivity index (χ2v) is 20.9. The highest BCUT2D eigenvalue weighted by Crippen LogP contribution is 2.49. The number of carbonyl (C=O) groups is 7. The van der Waals surface area contributed by atoms with Crippen molar-refractivity contribution in [3.05, 3.63) is 76.3 Å². The second kappa shape index (κ2) is 24.7. The SMILES string of the molecule is CCCCC(C)C1CC(=O)N(CCCCCC(=O)Nc2ccc(C(=O)N(C)[C@@H](C)C(=O)O[C@H]3CC(=O)N(C)c4cc(cc(OC)c4Cl)C/C(C)=C/C=C/[C@@H](OC)[C@@]4(O)C[C@H](OC(=O)N4)[C@@H](C)[C@@H]4O[C@@]34C)cc2)C1=O. The number of rotatable bonds is 17. The van der Waals surface area contributed by atoms with E-state index >= 15 is 0 Å². The van der Waals surface area contributed by atoms with Gasteiger partial charge in [0.2, 0.25) is 23.6 Å². The number of fused-ring (bicyclic) bond motifs is 5. The largest absolute Gasteiger partial charge is 0.495 e. The second-order valence-electron chi connectivity index (χ2n) is 20.6. The number of carbonyl (C=O) groups excluding carboxylic acids is 7. The number of epoxide rings is 1. The van der Waals surface area contributed by atoms with Gasteiger partial charge in [0.15, 0.2) is 5.72 Å². The maximum absolute atomic E-state index is 14.4. The molecule has 404 valence electrons. The summed E-state index contributed by atoms with van der Waals surface area (Å²) in [5.74, 6) is -2.59. The van der Waals surface area contributed by atoms with Crippen molar-refractivity contribution in [2.24, 2.45) is 17.8 Å². The van der Waals surface area contributed by atoms with Crippen molar-refractivity contribution >= 4 is 64.6 Å². The zero-order chi connectivity index (χ0) is 54.2. The Morgan fingerprint density at radius 3 is 2.42 bits per heavy atom. The van der Waals surface area contributed by atoms with Gasteiger partial charge >= 0.3 is 12.1 Å². The number of halogens is 1. The van der Waals surface area contributed by atoms with Gasteiger partial charge in [-0.3, -0.25) is 34.2 Å². The molecule has 2 aromatic carbocycles. The zero-order valence-corrected chi connectivity index (χ0v) is 45.1. The predicted molar refractivity (Wildman–Crippen MR) is 277 cm³/mol. The Bertz CT molecular complexity index is 2480. The van der Waals surface area contributed by atoms with E-state index in [0.717, 1.165) is 30.4 Å². The highest BCUT2D eigenvalue weighted by molar-refractivity contribution is 6.35. The number of anilines is 2. The van der Waals surface area contributed by atoms with Gasteiger partial charge in [-0.05, 0) is 94.3 Å². The van der Waals surface area contributed by atoms with Crippen molar-refractivity contribution in [3.63, 3.8) is 0 Å². The number of nitrogens with zero attached hydrogens (tertiary/aromatic N) is 3. The molecular formula is C55H74ClN5O13. The van der Waals surface area contributed by atoms with Crippen molar-refractivity contribution in [3.8, 4) is 5.75 Å². The molecule has 18 nitrogen and oxygen atoms in total. The van der Waals surface area contributed by atoms with Gasteiger partial charge in [-0.2, -0.15) is 0 Å².